The van der Waals surface area contributed by atoms with E-state index in [2.05, 4.69) is 23.8 Å². The van der Waals surface area contributed by atoms with Crippen molar-refractivity contribution in [2.24, 2.45) is 5.92 Å². The number of nitrogens with one attached hydrogen (secondary N) is 1. The lowest BCUT2D eigenvalue weighted by Gasteiger charge is -2.13. The number of anilines is 1. The van der Waals surface area contributed by atoms with Crippen molar-refractivity contribution in [3.8, 4) is 0 Å². The molecule has 1 rings (SSSR count). The van der Waals surface area contributed by atoms with Crippen LogP contribution in [0.3, 0.4) is 0 Å². The average molecular weight is 223 g/mol. The molecule has 4 heteroatoms. The van der Waals surface area contributed by atoms with Crippen molar-refractivity contribution in [1.29, 1.82) is 0 Å². The molecule has 0 aromatic carbocycles. The Morgan fingerprint density at radius 1 is 1.38 bits per heavy atom. The minimum atomic E-state index is -0.00292. The van der Waals surface area contributed by atoms with Gasteiger partial charge in [0, 0.05) is 25.4 Å². The van der Waals surface area contributed by atoms with Crippen molar-refractivity contribution in [2.45, 2.75) is 33.6 Å². The maximum absolute atomic E-state index is 11.9. The van der Waals surface area contributed by atoms with Gasteiger partial charge in [-0.25, -0.2) is 4.98 Å². The topological polar surface area (TPSA) is 49.0 Å². The van der Waals surface area contributed by atoms with E-state index < -0.39 is 0 Å². The maximum Gasteiger partial charge on any atom is 0.255 e. The zero-order chi connectivity index (χ0) is 12.3. The maximum atomic E-state index is 11.9. The van der Waals surface area contributed by atoms with Gasteiger partial charge in [-0.05, 0) is 25.7 Å². The normalized spacial score (nSPS) is 10.9. The minimum Gasteiger partial charge on any atom is -0.348 e. The molecule has 4 nitrogen and oxygen atoms in total. The van der Waals surface area contributed by atoms with Gasteiger partial charge >= 0.3 is 0 Å². The molecule has 1 N–H and O–H groups in total. The van der Waals surface area contributed by atoms with Gasteiger partial charge in [-0.3, -0.25) is 9.78 Å². The highest BCUT2D eigenvalue weighted by Gasteiger charge is 2.09. The summed E-state index contributed by atoms with van der Waals surface area (Å²) in [5.74, 6) is 1.23. The molecule has 0 bridgehead atoms. The molecule has 0 aliphatic carbocycles. The molecule has 0 fully saturated rings. The van der Waals surface area contributed by atoms with Crippen molar-refractivity contribution in [3.63, 3.8) is 0 Å². The standard InChI is InChI=1S/C12H21N3O/c1-8(2)6-7-10-9(3)13-12(15(4)5)14-11(10)16/h8H,6-7H2,1-5H3,(H,13,14,16). The van der Waals surface area contributed by atoms with Gasteiger partial charge in [0.25, 0.3) is 5.56 Å². The van der Waals surface area contributed by atoms with E-state index in [1.54, 1.807) is 4.90 Å². The highest BCUT2D eigenvalue weighted by atomic mass is 16.1. The number of hydrogen-bond donors (Lipinski definition) is 1. The summed E-state index contributed by atoms with van der Waals surface area (Å²) in [6.07, 6.45) is 1.83. The van der Waals surface area contributed by atoms with E-state index in [9.17, 15) is 4.79 Å². The van der Waals surface area contributed by atoms with Gasteiger partial charge in [0.15, 0.2) is 0 Å². The molecule has 0 unspecified atom stereocenters. The lowest BCUT2D eigenvalue weighted by atomic mass is 10.0. The zero-order valence-electron chi connectivity index (χ0n) is 10.8. The number of H-pyrrole nitrogens is 1. The summed E-state index contributed by atoms with van der Waals surface area (Å²) in [6, 6.07) is 0. The second kappa shape index (κ2) is 5.14. The Hall–Kier alpha value is -1.32. The molecule has 90 valence electrons. The molecular formula is C12H21N3O. The number of aromatic nitrogens is 2. The Bertz CT molecular complexity index is 407. The van der Waals surface area contributed by atoms with Crippen molar-refractivity contribution >= 4 is 5.95 Å². The van der Waals surface area contributed by atoms with E-state index in [0.717, 1.165) is 24.1 Å². The molecule has 0 saturated heterocycles. The van der Waals surface area contributed by atoms with Crippen molar-refractivity contribution in [2.75, 3.05) is 19.0 Å². The highest BCUT2D eigenvalue weighted by molar-refractivity contribution is 5.30. The van der Waals surface area contributed by atoms with Crippen molar-refractivity contribution < 1.29 is 0 Å². The van der Waals surface area contributed by atoms with Crippen LogP contribution in [-0.2, 0) is 6.42 Å². The molecular weight excluding hydrogens is 202 g/mol. The van der Waals surface area contributed by atoms with Gasteiger partial charge in [0.05, 0.1) is 0 Å². The Kier molecular flexibility index (Phi) is 4.10. The van der Waals surface area contributed by atoms with Gasteiger partial charge in [-0.15, -0.1) is 0 Å². The molecule has 0 aliphatic rings. The zero-order valence-corrected chi connectivity index (χ0v) is 10.8. The van der Waals surface area contributed by atoms with E-state index in [4.69, 9.17) is 0 Å². The van der Waals surface area contributed by atoms with Crippen LogP contribution >= 0.6 is 0 Å². The SMILES string of the molecule is Cc1nc(N(C)C)[nH]c(=O)c1CCC(C)C. The van der Waals surface area contributed by atoms with E-state index in [-0.39, 0.29) is 5.56 Å². The summed E-state index contributed by atoms with van der Waals surface area (Å²) in [5.41, 5.74) is 1.66. The van der Waals surface area contributed by atoms with Crippen LogP contribution in [0.5, 0.6) is 0 Å². The van der Waals surface area contributed by atoms with Crippen LogP contribution in [0.4, 0.5) is 5.95 Å². The Labute approximate surface area is 96.7 Å². The number of aryl methyl sites for hydroxylation is 1. The largest absolute Gasteiger partial charge is 0.348 e. The summed E-state index contributed by atoms with van der Waals surface area (Å²) in [4.78, 5) is 20.8. The Morgan fingerprint density at radius 2 is 2.00 bits per heavy atom. The second-order valence-electron chi connectivity index (χ2n) is 4.78. The van der Waals surface area contributed by atoms with Gasteiger partial charge < -0.3 is 4.90 Å². The molecule has 0 aliphatic heterocycles. The first-order valence-electron chi connectivity index (χ1n) is 5.69. The van der Waals surface area contributed by atoms with Gasteiger partial charge in [-0.1, -0.05) is 13.8 Å². The predicted molar refractivity (Wildman–Crippen MR) is 67.1 cm³/mol. The minimum absolute atomic E-state index is 0.00292. The third-order valence-corrected chi connectivity index (χ3v) is 2.61. The highest BCUT2D eigenvalue weighted by Crippen LogP contribution is 2.10. The summed E-state index contributed by atoms with van der Waals surface area (Å²) in [7, 11) is 3.73. The van der Waals surface area contributed by atoms with Crippen molar-refractivity contribution in [3.05, 3.63) is 21.6 Å². The second-order valence-corrected chi connectivity index (χ2v) is 4.78. The van der Waals surface area contributed by atoms with Crippen molar-refractivity contribution in [1.82, 2.24) is 9.97 Å². The van der Waals surface area contributed by atoms with E-state index in [1.807, 2.05) is 21.0 Å². The lowest BCUT2D eigenvalue weighted by molar-refractivity contribution is 0.582. The number of rotatable bonds is 4. The van der Waals surface area contributed by atoms with E-state index >= 15 is 0 Å². The molecule has 0 radical (unpaired) electrons. The van der Waals surface area contributed by atoms with Crippen LogP contribution in [0.2, 0.25) is 0 Å². The van der Waals surface area contributed by atoms with Crippen LogP contribution in [0.25, 0.3) is 0 Å². The van der Waals surface area contributed by atoms with Crippen LogP contribution in [0, 0.1) is 12.8 Å². The quantitative estimate of drug-likeness (QED) is 0.845. The Morgan fingerprint density at radius 3 is 2.44 bits per heavy atom. The molecule has 1 aromatic heterocycles. The Balaban J connectivity index is 2.99. The van der Waals surface area contributed by atoms with Crippen LogP contribution in [-0.4, -0.2) is 24.1 Å². The van der Waals surface area contributed by atoms with E-state index in [1.165, 1.54) is 0 Å². The molecule has 1 aromatic rings. The van der Waals surface area contributed by atoms with E-state index in [0.29, 0.717) is 11.9 Å². The van der Waals surface area contributed by atoms with Crippen LogP contribution in [0.15, 0.2) is 4.79 Å². The van der Waals surface area contributed by atoms with Crippen LogP contribution < -0.4 is 10.5 Å². The molecule has 0 saturated carbocycles. The third-order valence-electron chi connectivity index (χ3n) is 2.61. The molecule has 0 atom stereocenters. The average Bonchev–Trinajstić information content (AvgIpc) is 2.15. The molecule has 1 heterocycles. The number of nitrogens with zero attached hydrogens (tertiary/aromatic N) is 2. The summed E-state index contributed by atoms with van der Waals surface area (Å²) >= 11 is 0. The molecule has 16 heavy (non-hydrogen) atoms. The molecule has 0 amide bonds. The third kappa shape index (κ3) is 3.08. The first-order chi connectivity index (χ1) is 7.41. The van der Waals surface area contributed by atoms with Gasteiger partial charge in [0.1, 0.15) is 0 Å². The summed E-state index contributed by atoms with van der Waals surface area (Å²) < 4.78 is 0. The fourth-order valence-corrected chi connectivity index (χ4v) is 1.53. The first-order valence-corrected chi connectivity index (χ1v) is 5.69. The van der Waals surface area contributed by atoms with Crippen LogP contribution in [0.1, 0.15) is 31.5 Å². The smallest absolute Gasteiger partial charge is 0.255 e. The fourth-order valence-electron chi connectivity index (χ4n) is 1.53. The number of aromatic amines is 1. The lowest BCUT2D eigenvalue weighted by Crippen LogP contribution is -2.23. The van der Waals surface area contributed by atoms with Gasteiger partial charge in [-0.2, -0.15) is 0 Å². The first kappa shape index (κ1) is 12.7. The summed E-state index contributed by atoms with van der Waals surface area (Å²) in [5, 5.41) is 0. The fraction of sp³-hybridized carbons (Fsp3) is 0.667. The monoisotopic (exact) mass is 223 g/mol. The molecule has 0 spiro atoms. The van der Waals surface area contributed by atoms with Gasteiger partial charge in [0.2, 0.25) is 5.95 Å². The summed E-state index contributed by atoms with van der Waals surface area (Å²) in [6.45, 7) is 6.22. The number of hydrogen-bond acceptors (Lipinski definition) is 3. The predicted octanol–water partition coefficient (Wildman–Crippen LogP) is 1.73.